The van der Waals surface area contributed by atoms with E-state index in [1.54, 1.807) is 0 Å². The first kappa shape index (κ1) is 23.1. The molecule has 0 bridgehead atoms. The molecule has 1 aromatic rings. The average Bonchev–Trinajstić information content (AvgIpc) is 2.61. The molecule has 2 rings (SSSR count). The maximum absolute atomic E-state index is 10.5. The number of carboxylic acids is 2. The molecule has 0 heterocycles. The van der Waals surface area contributed by atoms with Gasteiger partial charge in [-0.1, -0.05) is 0 Å². The molecule has 1 aromatic carbocycles. The number of aliphatic hydroxyl groups is 2. The Bertz CT molecular complexity index is 647. The van der Waals surface area contributed by atoms with Crippen LogP contribution in [0.5, 0.6) is 0 Å². The molecule has 26 heavy (non-hydrogen) atoms. The summed E-state index contributed by atoms with van der Waals surface area (Å²) < 4.78 is 0. The van der Waals surface area contributed by atoms with E-state index in [9.17, 15) is 9.59 Å². The number of aromatic carboxylic acids is 1. The molecule has 140 valence electrons. The summed E-state index contributed by atoms with van der Waals surface area (Å²) >= 11 is 0. The highest BCUT2D eigenvalue weighted by molar-refractivity contribution is 5.87. The molecule has 0 saturated heterocycles. The van der Waals surface area contributed by atoms with Crippen LogP contribution in [0.4, 0.5) is 0 Å². The van der Waals surface area contributed by atoms with Crippen LogP contribution in [0.15, 0.2) is 24.3 Å². The molecule has 0 atom stereocenters. The number of carboxylic acid groups (broad SMARTS) is 2. The third kappa shape index (κ3) is 10.0. The standard InChI is InChI=1S/C8H11NO2.C8H5NO2.C2H6O2/c2*9-5-6-1-3-7(4-2-6)8(10)11;1-2(3)4/h6-7H,1-4H2,(H,10,11);1-4H,(H,10,11);2-4H,1H3. The van der Waals surface area contributed by atoms with Crippen molar-refractivity contribution in [3.05, 3.63) is 35.4 Å². The SMILES string of the molecule is CC(O)O.N#CC1CCC(C(=O)O)CC1.N#Cc1ccc(C(=O)O)cc1. The lowest BCUT2D eigenvalue weighted by Gasteiger charge is -2.20. The maximum Gasteiger partial charge on any atom is 0.335 e. The monoisotopic (exact) mass is 362 g/mol. The van der Waals surface area contributed by atoms with Crippen LogP contribution in [-0.2, 0) is 4.79 Å². The van der Waals surface area contributed by atoms with Gasteiger partial charge in [0.2, 0.25) is 0 Å². The van der Waals surface area contributed by atoms with Crippen molar-refractivity contribution in [1.29, 1.82) is 10.5 Å². The predicted molar refractivity (Wildman–Crippen MR) is 90.7 cm³/mol. The second-order valence-corrected chi connectivity index (χ2v) is 5.64. The Kier molecular flexibility index (Phi) is 11.0. The van der Waals surface area contributed by atoms with Crippen molar-refractivity contribution in [1.82, 2.24) is 0 Å². The number of nitrogens with zero attached hydrogens (tertiary/aromatic N) is 2. The first-order valence-electron chi connectivity index (χ1n) is 7.93. The number of aliphatic carboxylic acids is 1. The van der Waals surface area contributed by atoms with Crippen LogP contribution in [-0.4, -0.2) is 38.7 Å². The van der Waals surface area contributed by atoms with E-state index in [1.807, 2.05) is 6.07 Å². The van der Waals surface area contributed by atoms with Crippen LogP contribution in [0.1, 0.15) is 48.5 Å². The van der Waals surface area contributed by atoms with Crippen LogP contribution in [0.25, 0.3) is 0 Å². The zero-order valence-electron chi connectivity index (χ0n) is 14.4. The molecule has 0 amide bonds. The Labute approximate surface area is 151 Å². The summed E-state index contributed by atoms with van der Waals surface area (Å²) in [5.74, 6) is -1.78. The van der Waals surface area contributed by atoms with E-state index < -0.39 is 18.2 Å². The maximum atomic E-state index is 10.5. The fourth-order valence-electron chi connectivity index (χ4n) is 2.16. The highest BCUT2D eigenvalue weighted by atomic mass is 16.5. The summed E-state index contributed by atoms with van der Waals surface area (Å²) in [5, 5.41) is 49.2. The summed E-state index contributed by atoms with van der Waals surface area (Å²) in [5.41, 5.74) is 0.666. The van der Waals surface area contributed by atoms with Crippen LogP contribution < -0.4 is 0 Å². The van der Waals surface area contributed by atoms with E-state index in [-0.39, 0.29) is 17.4 Å². The molecular weight excluding hydrogens is 340 g/mol. The highest BCUT2D eigenvalue weighted by Crippen LogP contribution is 2.28. The van der Waals surface area contributed by atoms with Gasteiger partial charge in [-0.25, -0.2) is 4.79 Å². The predicted octanol–water partition coefficient (Wildman–Crippen LogP) is 1.97. The van der Waals surface area contributed by atoms with E-state index >= 15 is 0 Å². The van der Waals surface area contributed by atoms with Gasteiger partial charge in [-0.05, 0) is 56.9 Å². The normalized spacial score (nSPS) is 18.1. The largest absolute Gasteiger partial charge is 0.481 e. The zero-order valence-corrected chi connectivity index (χ0v) is 14.4. The summed E-state index contributed by atoms with van der Waals surface area (Å²) in [6.07, 6.45) is 1.70. The van der Waals surface area contributed by atoms with Gasteiger partial charge >= 0.3 is 11.9 Å². The molecular formula is C18H22N2O6. The van der Waals surface area contributed by atoms with Crippen LogP contribution in [0.2, 0.25) is 0 Å². The van der Waals surface area contributed by atoms with E-state index in [0.717, 1.165) is 12.8 Å². The minimum absolute atomic E-state index is 0.102. The van der Waals surface area contributed by atoms with Crippen LogP contribution >= 0.6 is 0 Å². The van der Waals surface area contributed by atoms with E-state index in [0.29, 0.717) is 18.4 Å². The molecule has 1 aliphatic rings. The second-order valence-electron chi connectivity index (χ2n) is 5.64. The minimum atomic E-state index is -1.17. The fourth-order valence-corrected chi connectivity index (χ4v) is 2.16. The van der Waals surface area contributed by atoms with Crippen molar-refractivity contribution in [2.24, 2.45) is 11.8 Å². The number of nitriles is 2. The van der Waals surface area contributed by atoms with Crippen LogP contribution in [0, 0.1) is 34.5 Å². The first-order chi connectivity index (χ1) is 12.2. The lowest BCUT2D eigenvalue weighted by molar-refractivity contribution is -0.142. The number of hydrogen-bond acceptors (Lipinski definition) is 6. The lowest BCUT2D eigenvalue weighted by Crippen LogP contribution is -2.20. The van der Waals surface area contributed by atoms with Crippen LogP contribution in [0.3, 0.4) is 0 Å². The Morgan fingerprint density at radius 3 is 1.81 bits per heavy atom. The van der Waals surface area contributed by atoms with Crippen molar-refractivity contribution in [3.8, 4) is 12.1 Å². The summed E-state index contributed by atoms with van der Waals surface area (Å²) in [4.78, 5) is 20.8. The molecule has 0 unspecified atom stereocenters. The van der Waals surface area contributed by atoms with Gasteiger partial charge < -0.3 is 20.4 Å². The molecule has 1 fully saturated rings. The third-order valence-electron chi connectivity index (χ3n) is 3.52. The van der Waals surface area contributed by atoms with Crippen molar-refractivity contribution >= 4 is 11.9 Å². The molecule has 1 saturated carbocycles. The Morgan fingerprint density at radius 2 is 1.50 bits per heavy atom. The fraction of sp³-hybridized carbons (Fsp3) is 0.444. The minimum Gasteiger partial charge on any atom is -0.481 e. The number of benzene rings is 1. The first-order valence-corrected chi connectivity index (χ1v) is 7.93. The van der Waals surface area contributed by atoms with E-state index in [1.165, 1.54) is 31.2 Å². The molecule has 4 N–H and O–H groups in total. The topological polar surface area (TPSA) is 163 Å². The molecule has 8 heteroatoms. The van der Waals surface area contributed by atoms with Gasteiger partial charge in [0.1, 0.15) is 6.29 Å². The number of aliphatic hydroxyl groups excluding tert-OH is 1. The van der Waals surface area contributed by atoms with Gasteiger partial charge in [-0.15, -0.1) is 0 Å². The second kappa shape index (κ2) is 12.4. The Hall–Kier alpha value is -2.94. The Balaban J connectivity index is 0.000000401. The summed E-state index contributed by atoms with van der Waals surface area (Å²) in [6.45, 7) is 1.28. The highest BCUT2D eigenvalue weighted by Gasteiger charge is 2.25. The molecule has 0 aromatic heterocycles. The number of hydrogen-bond donors (Lipinski definition) is 4. The smallest absolute Gasteiger partial charge is 0.335 e. The summed E-state index contributed by atoms with van der Waals surface area (Å²) in [6, 6.07) is 9.83. The molecule has 0 spiro atoms. The van der Waals surface area contributed by atoms with Gasteiger partial charge in [0.25, 0.3) is 0 Å². The van der Waals surface area contributed by atoms with Gasteiger partial charge in [-0.3, -0.25) is 4.79 Å². The lowest BCUT2D eigenvalue weighted by atomic mass is 9.83. The van der Waals surface area contributed by atoms with Gasteiger partial charge in [0.05, 0.1) is 29.2 Å². The summed E-state index contributed by atoms with van der Waals surface area (Å²) in [7, 11) is 0. The average molecular weight is 362 g/mol. The van der Waals surface area contributed by atoms with Crippen molar-refractivity contribution in [2.45, 2.75) is 38.9 Å². The number of carbonyl (C=O) groups is 2. The van der Waals surface area contributed by atoms with E-state index in [2.05, 4.69) is 6.07 Å². The molecule has 0 aliphatic heterocycles. The van der Waals surface area contributed by atoms with E-state index in [4.69, 9.17) is 30.9 Å². The van der Waals surface area contributed by atoms with Gasteiger partial charge in [0.15, 0.2) is 0 Å². The van der Waals surface area contributed by atoms with Crippen molar-refractivity contribution in [2.75, 3.05) is 0 Å². The Morgan fingerprint density at radius 1 is 1.04 bits per heavy atom. The van der Waals surface area contributed by atoms with Crippen molar-refractivity contribution in [3.63, 3.8) is 0 Å². The number of rotatable bonds is 2. The third-order valence-corrected chi connectivity index (χ3v) is 3.52. The van der Waals surface area contributed by atoms with Gasteiger partial charge in [0, 0.05) is 5.92 Å². The van der Waals surface area contributed by atoms with Gasteiger partial charge in [-0.2, -0.15) is 10.5 Å². The molecule has 1 aliphatic carbocycles. The molecule has 8 nitrogen and oxygen atoms in total. The zero-order chi connectivity index (χ0) is 20.1. The molecule has 0 radical (unpaired) electrons. The van der Waals surface area contributed by atoms with Crippen molar-refractivity contribution < 1.29 is 30.0 Å². The quantitative estimate of drug-likeness (QED) is 0.580.